The average molecular weight is 350 g/mol. The van der Waals surface area contributed by atoms with Gasteiger partial charge in [-0.05, 0) is 29.8 Å². The zero-order valence-corrected chi connectivity index (χ0v) is 14.4. The van der Waals surface area contributed by atoms with Crippen LogP contribution in [0.1, 0.15) is 18.5 Å². The van der Waals surface area contributed by atoms with Crippen LogP contribution in [0.3, 0.4) is 0 Å². The minimum Gasteiger partial charge on any atom is -0.437 e. The maximum absolute atomic E-state index is 11.9. The van der Waals surface area contributed by atoms with Crippen molar-refractivity contribution < 1.29 is 14.3 Å². The Kier molecular flexibility index (Phi) is 3.84. The van der Waals surface area contributed by atoms with Crippen molar-refractivity contribution in [1.29, 1.82) is 0 Å². The second-order valence-electron chi connectivity index (χ2n) is 6.34. The van der Waals surface area contributed by atoms with Crippen LogP contribution >= 0.6 is 0 Å². The van der Waals surface area contributed by atoms with Gasteiger partial charge in [-0.15, -0.1) is 0 Å². The first kappa shape index (κ1) is 16.1. The summed E-state index contributed by atoms with van der Waals surface area (Å²) in [4.78, 5) is 29.7. The number of urea groups is 1. The van der Waals surface area contributed by atoms with Crippen molar-refractivity contribution in [1.82, 2.24) is 19.6 Å². The van der Waals surface area contributed by atoms with Crippen LogP contribution < -0.4 is 10.1 Å². The SMILES string of the molecule is CC1C(=O)NC(=O)N(C)C1c1ccc(Oc2nccn3cccc23)cc1. The molecule has 0 spiro atoms. The number of benzene rings is 1. The lowest BCUT2D eigenvalue weighted by Gasteiger charge is -2.36. The molecule has 4 rings (SSSR count). The van der Waals surface area contributed by atoms with Gasteiger partial charge in [-0.25, -0.2) is 9.78 Å². The highest BCUT2D eigenvalue weighted by atomic mass is 16.5. The topological polar surface area (TPSA) is 75.9 Å². The van der Waals surface area contributed by atoms with Gasteiger partial charge in [0.25, 0.3) is 0 Å². The second-order valence-corrected chi connectivity index (χ2v) is 6.34. The Morgan fingerprint density at radius 3 is 2.65 bits per heavy atom. The molecule has 7 heteroatoms. The third-order valence-corrected chi connectivity index (χ3v) is 4.71. The summed E-state index contributed by atoms with van der Waals surface area (Å²) in [6.45, 7) is 1.81. The van der Waals surface area contributed by atoms with Gasteiger partial charge in [0.2, 0.25) is 11.8 Å². The van der Waals surface area contributed by atoms with Crippen LogP contribution in [0.25, 0.3) is 5.52 Å². The first-order valence-electron chi connectivity index (χ1n) is 8.32. The van der Waals surface area contributed by atoms with Gasteiger partial charge >= 0.3 is 6.03 Å². The number of nitrogens with zero attached hydrogens (tertiary/aromatic N) is 3. The fourth-order valence-corrected chi connectivity index (χ4v) is 3.29. The average Bonchev–Trinajstić information content (AvgIpc) is 3.11. The molecule has 1 saturated heterocycles. The summed E-state index contributed by atoms with van der Waals surface area (Å²) in [5, 5.41) is 2.35. The standard InChI is InChI=1S/C19H18N4O3/c1-12-16(22(2)19(25)21-17(12)24)13-5-7-14(8-6-13)26-18-15-4-3-10-23(15)11-9-20-18/h3-12,16H,1-2H3,(H,21,24,25). The summed E-state index contributed by atoms with van der Waals surface area (Å²) < 4.78 is 7.83. The van der Waals surface area contributed by atoms with E-state index in [4.69, 9.17) is 4.74 Å². The Bertz CT molecular complexity index is 960. The molecule has 0 bridgehead atoms. The first-order valence-corrected chi connectivity index (χ1v) is 8.32. The van der Waals surface area contributed by atoms with E-state index >= 15 is 0 Å². The van der Waals surface area contributed by atoms with Crippen LogP contribution in [0.2, 0.25) is 0 Å². The van der Waals surface area contributed by atoms with E-state index in [-0.39, 0.29) is 23.9 Å². The van der Waals surface area contributed by atoms with Gasteiger partial charge < -0.3 is 14.0 Å². The fraction of sp³-hybridized carbons (Fsp3) is 0.211. The molecular formula is C19H18N4O3. The lowest BCUT2D eigenvalue weighted by atomic mass is 9.91. The molecule has 3 amide bonds. The number of carbonyl (C=O) groups excluding carboxylic acids is 2. The molecule has 3 heterocycles. The number of aromatic nitrogens is 2. The van der Waals surface area contributed by atoms with Crippen molar-refractivity contribution in [3.63, 3.8) is 0 Å². The molecule has 0 aliphatic carbocycles. The Hall–Kier alpha value is -3.35. The summed E-state index contributed by atoms with van der Waals surface area (Å²) in [5.41, 5.74) is 1.75. The van der Waals surface area contributed by atoms with E-state index in [2.05, 4.69) is 10.3 Å². The summed E-state index contributed by atoms with van der Waals surface area (Å²) in [6.07, 6.45) is 5.46. The predicted octanol–water partition coefficient (Wildman–Crippen LogP) is 2.99. The molecule has 1 aliphatic rings. The van der Waals surface area contributed by atoms with Crippen LogP contribution in [0, 0.1) is 5.92 Å². The van der Waals surface area contributed by atoms with Crippen LogP contribution in [0.5, 0.6) is 11.6 Å². The Balaban J connectivity index is 1.60. The molecule has 2 atom stereocenters. The zero-order valence-electron chi connectivity index (χ0n) is 14.4. The Morgan fingerprint density at radius 2 is 1.88 bits per heavy atom. The highest BCUT2D eigenvalue weighted by molar-refractivity contribution is 5.98. The quantitative estimate of drug-likeness (QED) is 0.788. The molecule has 2 unspecified atom stereocenters. The molecule has 1 N–H and O–H groups in total. The number of amides is 3. The minimum absolute atomic E-state index is 0.262. The van der Waals surface area contributed by atoms with E-state index < -0.39 is 0 Å². The van der Waals surface area contributed by atoms with Gasteiger partial charge in [0.05, 0.1) is 12.0 Å². The monoisotopic (exact) mass is 350 g/mol. The molecule has 132 valence electrons. The maximum atomic E-state index is 11.9. The third-order valence-electron chi connectivity index (χ3n) is 4.71. The highest BCUT2D eigenvalue weighted by Crippen LogP contribution is 2.32. The normalized spacial score (nSPS) is 20.3. The molecule has 3 aromatic rings. The molecule has 0 radical (unpaired) electrons. The molecule has 0 saturated carbocycles. The zero-order chi connectivity index (χ0) is 18.3. The number of imide groups is 1. The maximum Gasteiger partial charge on any atom is 0.324 e. The number of hydrogen-bond donors (Lipinski definition) is 1. The van der Waals surface area contributed by atoms with E-state index in [9.17, 15) is 9.59 Å². The summed E-state index contributed by atoms with van der Waals surface area (Å²) in [5.74, 6) is 0.559. The van der Waals surface area contributed by atoms with Crippen LogP contribution in [-0.2, 0) is 4.79 Å². The molecule has 26 heavy (non-hydrogen) atoms. The molecular weight excluding hydrogens is 332 g/mol. The van der Waals surface area contributed by atoms with Gasteiger partial charge in [0.1, 0.15) is 11.3 Å². The second kappa shape index (κ2) is 6.18. The van der Waals surface area contributed by atoms with Gasteiger partial charge in [-0.3, -0.25) is 10.1 Å². The van der Waals surface area contributed by atoms with Crippen LogP contribution in [0.4, 0.5) is 4.79 Å². The summed E-state index contributed by atoms with van der Waals surface area (Å²) in [6, 6.07) is 10.5. The van der Waals surface area contributed by atoms with Crippen molar-refractivity contribution in [3.8, 4) is 11.6 Å². The minimum atomic E-state index is -0.387. The number of fused-ring (bicyclic) bond motifs is 1. The molecule has 1 aliphatic heterocycles. The van der Waals surface area contributed by atoms with Gasteiger partial charge in [0.15, 0.2) is 0 Å². The van der Waals surface area contributed by atoms with Crippen LogP contribution in [0.15, 0.2) is 55.0 Å². The molecule has 1 aromatic carbocycles. The predicted molar refractivity (Wildman–Crippen MR) is 94.9 cm³/mol. The largest absolute Gasteiger partial charge is 0.437 e. The number of rotatable bonds is 3. The molecule has 2 aromatic heterocycles. The first-order chi connectivity index (χ1) is 12.5. The lowest BCUT2D eigenvalue weighted by molar-refractivity contribution is -0.127. The molecule has 1 fully saturated rings. The Labute approximate surface area is 150 Å². The highest BCUT2D eigenvalue weighted by Gasteiger charge is 2.37. The van der Waals surface area contributed by atoms with Crippen molar-refractivity contribution >= 4 is 17.5 Å². The smallest absolute Gasteiger partial charge is 0.324 e. The van der Waals surface area contributed by atoms with E-state index in [0.717, 1.165) is 11.1 Å². The van der Waals surface area contributed by atoms with Crippen molar-refractivity contribution in [2.45, 2.75) is 13.0 Å². The summed E-state index contributed by atoms with van der Waals surface area (Å²) >= 11 is 0. The molecule has 7 nitrogen and oxygen atoms in total. The van der Waals surface area contributed by atoms with Gasteiger partial charge in [-0.2, -0.15) is 0 Å². The van der Waals surface area contributed by atoms with Crippen molar-refractivity contribution in [3.05, 3.63) is 60.6 Å². The third kappa shape index (κ3) is 2.67. The van der Waals surface area contributed by atoms with Crippen molar-refractivity contribution in [2.24, 2.45) is 5.92 Å². The number of ether oxygens (including phenoxy) is 1. The number of nitrogens with one attached hydrogen (secondary N) is 1. The van der Waals surface area contributed by atoms with Gasteiger partial charge in [-0.1, -0.05) is 19.1 Å². The fourth-order valence-electron chi connectivity index (χ4n) is 3.29. The van der Waals surface area contributed by atoms with Crippen LogP contribution in [-0.4, -0.2) is 33.3 Å². The van der Waals surface area contributed by atoms with E-state index in [1.807, 2.05) is 60.1 Å². The van der Waals surface area contributed by atoms with E-state index in [0.29, 0.717) is 11.6 Å². The summed E-state index contributed by atoms with van der Waals surface area (Å²) in [7, 11) is 1.69. The van der Waals surface area contributed by atoms with Crippen molar-refractivity contribution in [2.75, 3.05) is 7.05 Å². The van der Waals surface area contributed by atoms with E-state index in [1.165, 1.54) is 0 Å². The Morgan fingerprint density at radius 1 is 1.12 bits per heavy atom. The lowest BCUT2D eigenvalue weighted by Crippen LogP contribution is -2.53. The number of hydrogen-bond acceptors (Lipinski definition) is 4. The number of carbonyl (C=O) groups is 2. The van der Waals surface area contributed by atoms with Gasteiger partial charge in [0, 0.05) is 25.6 Å². The van der Waals surface area contributed by atoms with E-state index in [1.54, 1.807) is 18.1 Å².